The topological polar surface area (TPSA) is 61.9 Å². The van der Waals surface area contributed by atoms with Crippen molar-refractivity contribution in [2.75, 3.05) is 0 Å². The number of ether oxygens (including phenoxy) is 1. The van der Waals surface area contributed by atoms with E-state index in [1.165, 1.54) is 9.36 Å². The summed E-state index contributed by atoms with van der Waals surface area (Å²) in [5, 5.41) is 7.72. The monoisotopic (exact) mass is 436 g/mol. The Kier molecular flexibility index (Phi) is 4.98. The molecule has 0 saturated heterocycles. The van der Waals surface area contributed by atoms with E-state index in [4.69, 9.17) is 4.74 Å². The average Bonchev–Trinajstić information content (AvgIpc) is 2.93. The molecule has 0 aliphatic rings. The van der Waals surface area contributed by atoms with E-state index in [1.54, 1.807) is 7.05 Å². The molecule has 24 heavy (non-hydrogen) atoms. The fraction of sp³-hybridized carbons (Fsp3) is 0.235. The second-order valence-corrected chi connectivity index (χ2v) is 6.45. The van der Waals surface area contributed by atoms with E-state index in [2.05, 4.69) is 46.0 Å². The Balaban J connectivity index is 1.96. The first kappa shape index (κ1) is 16.7. The van der Waals surface area contributed by atoms with Gasteiger partial charge in [0, 0.05) is 16.2 Å². The van der Waals surface area contributed by atoms with Crippen LogP contribution in [0, 0.1) is 3.57 Å². The number of aryl methyl sites for hydroxylation is 2. The lowest BCUT2D eigenvalue weighted by Crippen LogP contribution is -2.23. The SMILES string of the molecule is CCc1ccccc1OCc1c(I)cccc1-n1nnn(C)c1=O. The zero-order valence-electron chi connectivity index (χ0n) is 13.4. The van der Waals surface area contributed by atoms with Gasteiger partial charge < -0.3 is 4.74 Å². The molecule has 0 fully saturated rings. The van der Waals surface area contributed by atoms with E-state index < -0.39 is 0 Å². The van der Waals surface area contributed by atoms with Crippen molar-refractivity contribution in [2.24, 2.45) is 7.05 Å². The van der Waals surface area contributed by atoms with Crippen molar-refractivity contribution in [2.45, 2.75) is 20.0 Å². The molecule has 0 unspecified atom stereocenters. The van der Waals surface area contributed by atoms with Crippen LogP contribution in [0.1, 0.15) is 18.1 Å². The second-order valence-electron chi connectivity index (χ2n) is 5.28. The lowest BCUT2D eigenvalue weighted by Gasteiger charge is -2.14. The molecular formula is C17H17IN4O2. The number of hydrogen-bond acceptors (Lipinski definition) is 4. The van der Waals surface area contributed by atoms with Gasteiger partial charge in [-0.05, 0) is 63.2 Å². The summed E-state index contributed by atoms with van der Waals surface area (Å²) in [6.45, 7) is 2.45. The van der Waals surface area contributed by atoms with E-state index in [1.807, 2.05) is 36.4 Å². The molecule has 0 aliphatic carbocycles. The maximum absolute atomic E-state index is 12.2. The molecule has 0 atom stereocenters. The van der Waals surface area contributed by atoms with E-state index in [-0.39, 0.29) is 5.69 Å². The maximum atomic E-state index is 12.2. The first-order valence-electron chi connectivity index (χ1n) is 7.59. The van der Waals surface area contributed by atoms with Crippen molar-refractivity contribution in [3.8, 4) is 11.4 Å². The molecule has 1 heterocycles. The lowest BCUT2D eigenvalue weighted by molar-refractivity contribution is 0.301. The summed E-state index contributed by atoms with van der Waals surface area (Å²) < 4.78 is 9.54. The summed E-state index contributed by atoms with van der Waals surface area (Å²) >= 11 is 2.24. The molecule has 0 amide bonds. The average molecular weight is 436 g/mol. The lowest BCUT2D eigenvalue weighted by atomic mass is 10.1. The molecule has 3 rings (SSSR count). The van der Waals surface area contributed by atoms with Gasteiger partial charge >= 0.3 is 5.69 Å². The molecule has 6 nitrogen and oxygen atoms in total. The highest BCUT2D eigenvalue weighted by Crippen LogP contribution is 2.24. The first-order valence-corrected chi connectivity index (χ1v) is 8.67. The molecule has 0 N–H and O–H groups in total. The number of nitrogens with zero attached hydrogens (tertiary/aromatic N) is 4. The molecule has 124 valence electrons. The highest BCUT2D eigenvalue weighted by atomic mass is 127. The smallest absolute Gasteiger partial charge is 0.368 e. The highest BCUT2D eigenvalue weighted by molar-refractivity contribution is 14.1. The van der Waals surface area contributed by atoms with Gasteiger partial charge in [0.25, 0.3) is 0 Å². The Labute approximate surface area is 153 Å². The van der Waals surface area contributed by atoms with Crippen molar-refractivity contribution in [3.63, 3.8) is 0 Å². The number of tetrazole rings is 1. The third-order valence-electron chi connectivity index (χ3n) is 3.77. The van der Waals surface area contributed by atoms with Gasteiger partial charge in [0.15, 0.2) is 0 Å². The second kappa shape index (κ2) is 7.16. The molecule has 0 radical (unpaired) electrons. The third-order valence-corrected chi connectivity index (χ3v) is 4.78. The zero-order valence-corrected chi connectivity index (χ0v) is 15.6. The summed E-state index contributed by atoms with van der Waals surface area (Å²) in [5.41, 5.74) is 2.47. The summed E-state index contributed by atoms with van der Waals surface area (Å²) in [4.78, 5) is 12.2. The minimum Gasteiger partial charge on any atom is -0.489 e. The highest BCUT2D eigenvalue weighted by Gasteiger charge is 2.14. The minimum atomic E-state index is -0.285. The van der Waals surface area contributed by atoms with Gasteiger partial charge in [-0.25, -0.2) is 4.79 Å². The van der Waals surface area contributed by atoms with Gasteiger partial charge in [-0.2, -0.15) is 9.36 Å². The van der Waals surface area contributed by atoms with Gasteiger partial charge in [0.1, 0.15) is 12.4 Å². The van der Waals surface area contributed by atoms with Crippen LogP contribution in [0.25, 0.3) is 5.69 Å². The Bertz CT molecular complexity index is 917. The van der Waals surface area contributed by atoms with Gasteiger partial charge in [0.2, 0.25) is 0 Å². The predicted octanol–water partition coefficient (Wildman–Crippen LogP) is 2.71. The third kappa shape index (κ3) is 3.21. The standard InChI is InChI=1S/C17H17IN4O2/c1-3-12-7-4-5-10-16(12)24-11-13-14(18)8-6-9-15(13)22-17(23)21(2)19-20-22/h4-10H,3,11H2,1-2H3. The Hall–Kier alpha value is -2.16. The van der Waals surface area contributed by atoms with Gasteiger partial charge in [-0.3, -0.25) is 0 Å². The van der Waals surface area contributed by atoms with E-state index >= 15 is 0 Å². The first-order chi connectivity index (χ1) is 11.6. The molecular weight excluding hydrogens is 419 g/mol. The van der Waals surface area contributed by atoms with Gasteiger partial charge in [-0.1, -0.05) is 31.2 Å². The normalized spacial score (nSPS) is 10.8. The molecule has 7 heteroatoms. The van der Waals surface area contributed by atoms with Crippen LogP contribution in [-0.4, -0.2) is 19.8 Å². The van der Waals surface area contributed by atoms with Crippen LogP contribution in [0.2, 0.25) is 0 Å². The summed E-state index contributed by atoms with van der Waals surface area (Å²) in [6, 6.07) is 13.7. The van der Waals surface area contributed by atoms with E-state index in [0.29, 0.717) is 12.3 Å². The fourth-order valence-corrected chi connectivity index (χ4v) is 3.08. The zero-order chi connectivity index (χ0) is 17.1. The predicted molar refractivity (Wildman–Crippen MR) is 99.5 cm³/mol. The van der Waals surface area contributed by atoms with Crippen LogP contribution < -0.4 is 10.4 Å². The number of benzene rings is 2. The van der Waals surface area contributed by atoms with E-state index in [0.717, 1.165) is 26.9 Å². The van der Waals surface area contributed by atoms with Crippen molar-refractivity contribution < 1.29 is 4.74 Å². The van der Waals surface area contributed by atoms with Gasteiger partial charge in [-0.15, -0.1) is 0 Å². The number of rotatable bonds is 5. The molecule has 0 bridgehead atoms. The number of halogens is 1. The maximum Gasteiger partial charge on any atom is 0.368 e. The Morgan fingerprint density at radius 1 is 1.12 bits per heavy atom. The summed E-state index contributed by atoms with van der Waals surface area (Å²) in [7, 11) is 1.58. The molecule has 3 aromatic rings. The van der Waals surface area contributed by atoms with Crippen molar-refractivity contribution in [1.29, 1.82) is 0 Å². The minimum absolute atomic E-state index is 0.285. The van der Waals surface area contributed by atoms with Gasteiger partial charge in [0.05, 0.1) is 5.69 Å². The van der Waals surface area contributed by atoms with Crippen molar-refractivity contribution in [1.82, 2.24) is 19.8 Å². The molecule has 1 aromatic heterocycles. The fourth-order valence-electron chi connectivity index (χ4n) is 2.44. The summed E-state index contributed by atoms with van der Waals surface area (Å²) in [6.07, 6.45) is 0.901. The quantitative estimate of drug-likeness (QED) is 0.578. The van der Waals surface area contributed by atoms with Crippen LogP contribution in [0.15, 0.2) is 47.3 Å². The van der Waals surface area contributed by atoms with Crippen molar-refractivity contribution >= 4 is 22.6 Å². The Morgan fingerprint density at radius 3 is 2.62 bits per heavy atom. The summed E-state index contributed by atoms with van der Waals surface area (Å²) in [5.74, 6) is 0.858. The molecule has 0 saturated carbocycles. The van der Waals surface area contributed by atoms with Crippen LogP contribution in [-0.2, 0) is 20.1 Å². The van der Waals surface area contributed by atoms with Crippen LogP contribution in [0.3, 0.4) is 0 Å². The van der Waals surface area contributed by atoms with E-state index in [9.17, 15) is 4.79 Å². The molecule has 0 aliphatic heterocycles. The molecule has 0 spiro atoms. The van der Waals surface area contributed by atoms with Crippen molar-refractivity contribution in [3.05, 3.63) is 67.6 Å². The van der Waals surface area contributed by atoms with Crippen LogP contribution in [0.4, 0.5) is 0 Å². The van der Waals surface area contributed by atoms with Crippen LogP contribution >= 0.6 is 22.6 Å². The van der Waals surface area contributed by atoms with Crippen LogP contribution in [0.5, 0.6) is 5.75 Å². The number of hydrogen-bond donors (Lipinski definition) is 0. The largest absolute Gasteiger partial charge is 0.489 e. The Morgan fingerprint density at radius 2 is 1.92 bits per heavy atom. The molecule has 2 aromatic carbocycles. The number of para-hydroxylation sites is 1. The number of aromatic nitrogens is 4.